The molecule has 4 N–H and O–H groups in total. The molecule has 1 aromatic heterocycles. The number of aliphatic carboxylic acids is 1. The van der Waals surface area contributed by atoms with Crippen molar-refractivity contribution >= 4 is 40.9 Å². The number of thiophene rings is 1. The topological polar surface area (TPSA) is 109 Å². The number of carbonyl (C=O) groups is 3. The van der Waals surface area contributed by atoms with Crippen LogP contribution >= 0.6 is 23.1 Å². The lowest BCUT2D eigenvalue weighted by atomic mass is 10.2. The molecule has 1 aliphatic rings. The van der Waals surface area contributed by atoms with Gasteiger partial charge in [-0.1, -0.05) is 0 Å². The first-order chi connectivity index (χ1) is 9.47. The fraction of sp³-hybridized carbons (Fsp3) is 0.417. The van der Waals surface area contributed by atoms with E-state index in [1.807, 2.05) is 11.8 Å². The Morgan fingerprint density at radius 2 is 2.20 bits per heavy atom. The minimum atomic E-state index is -1.28. The second kappa shape index (κ2) is 6.27. The largest absolute Gasteiger partial charge is 0.480 e. The van der Waals surface area contributed by atoms with Crippen molar-refractivity contribution in [2.24, 2.45) is 5.73 Å². The summed E-state index contributed by atoms with van der Waals surface area (Å²) in [6.07, 6.45) is 0.517. The van der Waals surface area contributed by atoms with Crippen LogP contribution in [0.15, 0.2) is 6.07 Å². The Bertz CT molecular complexity index is 532. The number of carboxylic acids is 1. The minimum absolute atomic E-state index is 0.415. The molecule has 0 unspecified atom stereocenters. The number of primary amides is 1. The normalized spacial score (nSPS) is 15.2. The zero-order valence-corrected chi connectivity index (χ0v) is 12.2. The molecule has 0 spiro atoms. The summed E-state index contributed by atoms with van der Waals surface area (Å²) in [6.45, 7) is 0. The fourth-order valence-corrected chi connectivity index (χ4v) is 4.17. The summed E-state index contributed by atoms with van der Waals surface area (Å²) < 4.78 is 0. The number of aryl methyl sites for hydroxylation is 1. The maximum Gasteiger partial charge on any atom is 0.326 e. The van der Waals surface area contributed by atoms with Gasteiger partial charge in [-0.3, -0.25) is 9.59 Å². The van der Waals surface area contributed by atoms with Crippen molar-refractivity contribution in [2.75, 3.05) is 5.75 Å². The van der Waals surface area contributed by atoms with Crippen LogP contribution in [0.5, 0.6) is 0 Å². The van der Waals surface area contributed by atoms with Gasteiger partial charge in [-0.2, -0.15) is 11.8 Å². The van der Waals surface area contributed by atoms with E-state index in [0.29, 0.717) is 4.88 Å². The van der Waals surface area contributed by atoms with E-state index in [4.69, 9.17) is 10.8 Å². The summed E-state index contributed by atoms with van der Waals surface area (Å²) in [5, 5.41) is 11.3. The Morgan fingerprint density at radius 3 is 2.80 bits per heavy atom. The molecule has 8 heteroatoms. The minimum Gasteiger partial charge on any atom is -0.480 e. The van der Waals surface area contributed by atoms with E-state index in [1.165, 1.54) is 16.2 Å². The molecule has 2 rings (SSSR count). The van der Waals surface area contributed by atoms with Crippen LogP contribution in [0.1, 0.15) is 26.5 Å². The third-order valence-electron chi connectivity index (χ3n) is 2.86. The van der Waals surface area contributed by atoms with Crippen molar-refractivity contribution in [3.05, 3.63) is 21.4 Å². The van der Waals surface area contributed by atoms with E-state index in [-0.39, 0.29) is 0 Å². The van der Waals surface area contributed by atoms with E-state index in [2.05, 4.69) is 5.32 Å². The van der Waals surface area contributed by atoms with Gasteiger partial charge in [0.2, 0.25) is 5.91 Å². The van der Waals surface area contributed by atoms with Crippen molar-refractivity contribution in [2.45, 2.75) is 24.6 Å². The van der Waals surface area contributed by atoms with Gasteiger partial charge in [0.1, 0.15) is 6.04 Å². The molecule has 1 atom stereocenters. The molecular formula is C12H14N2O4S2. The Morgan fingerprint density at radius 1 is 1.45 bits per heavy atom. The van der Waals surface area contributed by atoms with Gasteiger partial charge in [-0.05, 0) is 23.8 Å². The van der Waals surface area contributed by atoms with Crippen LogP contribution in [0.3, 0.4) is 0 Å². The second-order valence-electron chi connectivity index (χ2n) is 4.40. The monoisotopic (exact) mass is 314 g/mol. The lowest BCUT2D eigenvalue weighted by molar-refractivity contribution is -0.140. The molecule has 20 heavy (non-hydrogen) atoms. The lowest BCUT2D eigenvalue weighted by Gasteiger charge is -2.11. The van der Waals surface area contributed by atoms with Gasteiger partial charge in [0.25, 0.3) is 5.91 Å². The van der Waals surface area contributed by atoms with Gasteiger partial charge >= 0.3 is 5.97 Å². The van der Waals surface area contributed by atoms with Gasteiger partial charge in [0, 0.05) is 10.6 Å². The fourth-order valence-electron chi connectivity index (χ4n) is 1.89. The zero-order valence-electron chi connectivity index (χ0n) is 10.5. The quantitative estimate of drug-likeness (QED) is 0.737. The number of hydrogen-bond acceptors (Lipinski definition) is 5. The number of carboxylic acid groups (broad SMARTS) is 1. The molecule has 0 saturated carbocycles. The van der Waals surface area contributed by atoms with Gasteiger partial charge < -0.3 is 16.2 Å². The Kier molecular flexibility index (Phi) is 4.66. The van der Waals surface area contributed by atoms with Gasteiger partial charge in [0.05, 0.1) is 11.3 Å². The molecule has 0 bridgehead atoms. The summed E-state index contributed by atoms with van der Waals surface area (Å²) in [7, 11) is 0. The molecule has 2 heterocycles. The number of nitrogens with two attached hydrogens (primary N) is 1. The summed E-state index contributed by atoms with van der Waals surface area (Å²) in [6, 6.07) is 0.513. The van der Waals surface area contributed by atoms with Crippen LogP contribution in [0.4, 0.5) is 0 Å². The molecule has 0 fully saturated rings. The SMILES string of the molecule is NC(=O)C[C@H](NC(=O)c1cc2c(s1)CCSC2)C(=O)O. The number of nitrogens with one attached hydrogen (secondary N) is 1. The summed E-state index contributed by atoms with van der Waals surface area (Å²) in [5.41, 5.74) is 6.11. The van der Waals surface area contributed by atoms with E-state index in [1.54, 1.807) is 6.07 Å². The lowest BCUT2D eigenvalue weighted by Crippen LogP contribution is -2.43. The Balaban J connectivity index is 2.08. The highest BCUT2D eigenvalue weighted by atomic mass is 32.2. The zero-order chi connectivity index (χ0) is 14.7. The molecule has 108 valence electrons. The molecule has 0 radical (unpaired) electrons. The van der Waals surface area contributed by atoms with Gasteiger partial charge in [0.15, 0.2) is 0 Å². The second-order valence-corrected chi connectivity index (χ2v) is 6.64. The summed E-state index contributed by atoms with van der Waals surface area (Å²) in [4.78, 5) is 35.5. The number of hydrogen-bond donors (Lipinski definition) is 3. The van der Waals surface area contributed by atoms with Gasteiger partial charge in [-0.25, -0.2) is 4.79 Å². The maximum atomic E-state index is 12.0. The number of rotatable bonds is 5. The Labute approximate surface area is 123 Å². The molecule has 6 nitrogen and oxygen atoms in total. The molecule has 1 aliphatic heterocycles. The number of carbonyl (C=O) groups excluding carboxylic acids is 2. The molecule has 0 aliphatic carbocycles. The van der Waals surface area contributed by atoms with Crippen molar-refractivity contribution in [1.29, 1.82) is 0 Å². The highest BCUT2D eigenvalue weighted by Crippen LogP contribution is 2.31. The van der Waals surface area contributed by atoms with Crippen LogP contribution in [-0.2, 0) is 21.8 Å². The predicted molar refractivity (Wildman–Crippen MR) is 76.9 cm³/mol. The van der Waals surface area contributed by atoms with Gasteiger partial charge in [-0.15, -0.1) is 11.3 Å². The van der Waals surface area contributed by atoms with E-state index in [9.17, 15) is 14.4 Å². The van der Waals surface area contributed by atoms with Crippen LogP contribution in [-0.4, -0.2) is 34.7 Å². The number of thioether (sulfide) groups is 1. The van der Waals surface area contributed by atoms with E-state index >= 15 is 0 Å². The van der Waals surface area contributed by atoms with Crippen LogP contribution in [0.2, 0.25) is 0 Å². The smallest absolute Gasteiger partial charge is 0.326 e. The Hall–Kier alpha value is -1.54. The molecule has 2 amide bonds. The van der Waals surface area contributed by atoms with E-state index < -0.39 is 30.2 Å². The van der Waals surface area contributed by atoms with Crippen LogP contribution in [0.25, 0.3) is 0 Å². The molecule has 0 saturated heterocycles. The van der Waals surface area contributed by atoms with E-state index in [0.717, 1.165) is 23.5 Å². The average molecular weight is 314 g/mol. The summed E-state index contributed by atoms with van der Waals surface area (Å²) in [5.74, 6) is -0.590. The molecular weight excluding hydrogens is 300 g/mol. The van der Waals surface area contributed by atoms with Crippen molar-refractivity contribution in [3.63, 3.8) is 0 Å². The molecule has 0 aromatic carbocycles. The third-order valence-corrected chi connectivity index (χ3v) is 5.10. The summed E-state index contributed by atoms with van der Waals surface area (Å²) >= 11 is 3.19. The standard InChI is InChI=1S/C12H14N2O4S2/c13-10(15)4-7(12(17)18)14-11(16)9-3-6-5-19-2-1-8(6)20-9/h3,7H,1-2,4-5H2,(H2,13,15)(H,14,16)(H,17,18)/t7-/m0/s1. The highest BCUT2D eigenvalue weighted by Gasteiger charge is 2.24. The average Bonchev–Trinajstić information content (AvgIpc) is 2.81. The maximum absolute atomic E-state index is 12.0. The number of amides is 2. The highest BCUT2D eigenvalue weighted by molar-refractivity contribution is 7.98. The first-order valence-corrected chi connectivity index (χ1v) is 7.96. The van der Waals surface area contributed by atoms with Crippen LogP contribution in [0, 0.1) is 0 Å². The van der Waals surface area contributed by atoms with Crippen molar-refractivity contribution in [1.82, 2.24) is 5.32 Å². The predicted octanol–water partition coefficient (Wildman–Crippen LogP) is 0.596. The third kappa shape index (κ3) is 3.51. The van der Waals surface area contributed by atoms with Crippen molar-refractivity contribution < 1.29 is 19.5 Å². The van der Waals surface area contributed by atoms with Crippen LogP contribution < -0.4 is 11.1 Å². The van der Waals surface area contributed by atoms with Crippen molar-refractivity contribution in [3.8, 4) is 0 Å². The first-order valence-electron chi connectivity index (χ1n) is 5.98. The molecule has 1 aromatic rings. The number of fused-ring (bicyclic) bond motifs is 1. The first kappa shape index (κ1) is 14.9.